The van der Waals surface area contributed by atoms with Crippen LogP contribution in [-0.2, 0) is 21.0 Å². The van der Waals surface area contributed by atoms with Gasteiger partial charge in [-0.05, 0) is 0 Å². The Morgan fingerprint density at radius 2 is 1.00 bits per heavy atom. The van der Waals surface area contributed by atoms with Gasteiger partial charge in [0.25, 0.3) is 0 Å². The van der Waals surface area contributed by atoms with E-state index in [4.69, 9.17) is 3.67 Å². The predicted molar refractivity (Wildman–Crippen MR) is 0.686 cm³/mol. The van der Waals surface area contributed by atoms with E-state index in [0.29, 0.717) is 0 Å². The van der Waals surface area contributed by atoms with Crippen LogP contribution in [0, 0.1) is 0 Å². The van der Waals surface area contributed by atoms with Gasteiger partial charge in [0, 0.05) is 0 Å². The normalized spacial score (nSPS) is 1.50. The van der Waals surface area contributed by atoms with Crippen molar-refractivity contribution in [2.45, 2.75) is 0 Å². The van der Waals surface area contributed by atoms with E-state index in [0.717, 1.165) is 17.4 Å². The Balaban J connectivity index is -0.00000000500. The predicted octanol–water partition coefficient (Wildman–Crippen LogP) is -6.11. The Bertz CT molecular complexity index is 6.00. The van der Waals surface area contributed by atoms with Crippen LogP contribution in [0.15, 0.2) is 0 Å². The Morgan fingerprint density at radius 1 is 1.00 bits per heavy atom. The third-order valence-corrected chi connectivity index (χ3v) is 0. The van der Waals surface area contributed by atoms with Crippen molar-refractivity contribution in [3.8, 4) is 0 Å². The topological polar surface area (TPSA) is 17.1 Å². The molecule has 0 N–H and O–H groups in total. The van der Waals surface area contributed by atoms with Crippen molar-refractivity contribution in [3.05, 3.63) is 0 Å². The number of halogens is 2. The van der Waals surface area contributed by atoms with Crippen LogP contribution in [0.3, 0.4) is 0 Å². The van der Waals surface area contributed by atoms with Gasteiger partial charge in [-0.3, -0.25) is 0 Å². The molecule has 0 aromatic rings. The fourth-order valence-electron chi connectivity index (χ4n) is 0. The van der Waals surface area contributed by atoms with Gasteiger partial charge in [0.15, 0.2) is 0 Å². The summed E-state index contributed by atoms with van der Waals surface area (Å²) in [6, 6.07) is 0. The zero-order valence-electron chi connectivity index (χ0n) is 1.61. The molecule has 0 fully saturated rings. The maximum absolute atomic E-state index is 8.19. The summed E-state index contributed by atoms with van der Waals surface area (Å²) in [5.41, 5.74) is 0. The van der Waals surface area contributed by atoms with Crippen LogP contribution < -0.4 is 48.0 Å². The fourth-order valence-corrected chi connectivity index (χ4v) is 0. The molecule has 4 heteroatoms. The van der Waals surface area contributed by atoms with Gasteiger partial charge in [0.05, 0.1) is 0 Å². The van der Waals surface area contributed by atoms with E-state index in [9.17, 15) is 0 Å². The summed E-state index contributed by atoms with van der Waals surface area (Å²) in [5.74, 6) is 0. The quantitative estimate of drug-likeness (QED) is 0.406. The molecule has 0 saturated heterocycles. The van der Waals surface area contributed by atoms with E-state index in [-0.39, 0.29) is 48.0 Å². The maximum atomic E-state index is 8.19. The van der Waals surface area contributed by atoms with Crippen LogP contribution in [0.5, 0.6) is 0 Å². The first-order valence-electron chi connectivity index (χ1n) is 0.183. The van der Waals surface area contributed by atoms with E-state index < -0.39 is 0 Å². The molecular formula is I2OV. The fraction of sp³-hybridized carbons (Fsp3) is 0. The van der Waals surface area contributed by atoms with E-state index >= 15 is 0 Å². The van der Waals surface area contributed by atoms with E-state index in [1.165, 1.54) is 0 Å². The molecule has 0 rings (SSSR count). The van der Waals surface area contributed by atoms with Crippen LogP contribution in [0.2, 0.25) is 0 Å². The number of hydrogen-bond donors (Lipinski definition) is 0. The minimum atomic E-state index is 0. The first-order valence-corrected chi connectivity index (χ1v) is 0.753. The third kappa shape index (κ3) is 9.14. The molecule has 0 spiro atoms. The van der Waals surface area contributed by atoms with Crippen LogP contribution in [0.25, 0.3) is 0 Å². The van der Waals surface area contributed by atoms with E-state index in [1.807, 2.05) is 0 Å². The zero-order chi connectivity index (χ0) is 2.00. The van der Waals surface area contributed by atoms with E-state index in [2.05, 4.69) is 0 Å². The third-order valence-electron chi connectivity index (χ3n) is 0. The Labute approximate surface area is 68.2 Å². The van der Waals surface area contributed by atoms with Gasteiger partial charge in [-0.2, -0.15) is 0 Å². The summed E-state index contributed by atoms with van der Waals surface area (Å²) >= 11 is 1.06. The first-order chi connectivity index (χ1) is 1.00. The Hall–Kier alpha value is 1.84. The first kappa shape index (κ1) is 17.0. The molecule has 0 radical (unpaired) electrons. The molecule has 0 aliphatic heterocycles. The SMILES string of the molecule is [I-].[I-].[O]=[V+2]. The summed E-state index contributed by atoms with van der Waals surface area (Å²) in [4.78, 5) is 0. The number of hydrogen-bond acceptors (Lipinski definition) is 1. The van der Waals surface area contributed by atoms with Crippen LogP contribution in [0.4, 0.5) is 0 Å². The molecular weight excluding hydrogens is 321 g/mol. The molecule has 0 aliphatic rings. The van der Waals surface area contributed by atoms with Gasteiger partial charge >= 0.3 is 21.0 Å². The van der Waals surface area contributed by atoms with Crippen molar-refractivity contribution in [2.24, 2.45) is 0 Å². The molecule has 0 aromatic carbocycles. The van der Waals surface area contributed by atoms with Crippen LogP contribution in [0.1, 0.15) is 0 Å². The van der Waals surface area contributed by atoms with Gasteiger partial charge in [-0.1, -0.05) is 0 Å². The molecule has 4 heavy (non-hydrogen) atoms. The average Bonchev–Trinajstić information content (AvgIpc) is 1.00. The Morgan fingerprint density at radius 3 is 1.00 bits per heavy atom. The average molecular weight is 321 g/mol. The van der Waals surface area contributed by atoms with Crippen LogP contribution in [-0.4, -0.2) is 0 Å². The summed E-state index contributed by atoms with van der Waals surface area (Å²) in [7, 11) is 0. The van der Waals surface area contributed by atoms with Crippen LogP contribution >= 0.6 is 0 Å². The molecule has 0 saturated carbocycles. The molecule has 25 valence electrons. The molecule has 0 heterocycles. The van der Waals surface area contributed by atoms with Crippen molar-refractivity contribution < 1.29 is 69.0 Å². The van der Waals surface area contributed by atoms with Gasteiger partial charge in [-0.25, -0.2) is 0 Å². The summed E-state index contributed by atoms with van der Waals surface area (Å²) < 4.78 is 8.19. The number of rotatable bonds is 0. The van der Waals surface area contributed by atoms with Gasteiger partial charge in [0.1, 0.15) is 0 Å². The van der Waals surface area contributed by atoms with Crippen molar-refractivity contribution in [1.82, 2.24) is 0 Å². The standard InChI is InChI=1S/2HI.O.V/h2*1H;;/q;;;+2/p-2. The zero-order valence-corrected chi connectivity index (χ0v) is 7.32. The van der Waals surface area contributed by atoms with E-state index in [1.54, 1.807) is 0 Å². The second-order valence-electron chi connectivity index (χ2n) is 0. The van der Waals surface area contributed by atoms with Gasteiger partial charge < -0.3 is 48.0 Å². The molecule has 0 bridgehead atoms. The molecule has 0 aliphatic carbocycles. The van der Waals surface area contributed by atoms with Gasteiger partial charge in [0.2, 0.25) is 0 Å². The van der Waals surface area contributed by atoms with Crippen molar-refractivity contribution >= 4 is 0 Å². The van der Waals surface area contributed by atoms with Crippen molar-refractivity contribution in [2.75, 3.05) is 0 Å². The van der Waals surface area contributed by atoms with Gasteiger partial charge in [-0.15, -0.1) is 0 Å². The van der Waals surface area contributed by atoms with Crippen molar-refractivity contribution in [3.63, 3.8) is 0 Å². The minimum absolute atomic E-state index is 0. The summed E-state index contributed by atoms with van der Waals surface area (Å²) in [6.45, 7) is 0. The Kier molecular flexibility index (Phi) is 89.2. The summed E-state index contributed by atoms with van der Waals surface area (Å²) in [5, 5.41) is 0. The summed E-state index contributed by atoms with van der Waals surface area (Å²) in [6.07, 6.45) is 0. The molecule has 1 nitrogen and oxygen atoms in total. The molecule has 0 aromatic heterocycles. The molecule has 0 amide bonds. The molecule has 0 unspecified atom stereocenters. The second kappa shape index (κ2) is 21.0. The monoisotopic (exact) mass is 321 g/mol. The second-order valence-corrected chi connectivity index (χ2v) is 0. The van der Waals surface area contributed by atoms with Crippen molar-refractivity contribution in [1.29, 1.82) is 0 Å². The molecule has 0 atom stereocenters.